The van der Waals surface area contributed by atoms with Crippen molar-refractivity contribution in [1.82, 2.24) is 20.1 Å². The number of carbonyl (C=O) groups excluding carboxylic acids is 1. The average Bonchev–Trinajstić information content (AvgIpc) is 2.69. The molecule has 0 aromatic carbocycles. The molecule has 0 spiro atoms. The minimum atomic E-state index is -1.22. The number of urea groups is 1. The summed E-state index contributed by atoms with van der Waals surface area (Å²) in [5, 5.41) is 28.5. The van der Waals surface area contributed by atoms with Crippen LogP contribution < -0.4 is 10.6 Å². The summed E-state index contributed by atoms with van der Waals surface area (Å²) in [5.41, 5.74) is 0. The van der Waals surface area contributed by atoms with Crippen LogP contribution in [0.4, 0.5) is 9.93 Å². The number of nitrogens with one attached hydrogen (secondary N) is 2. The number of aliphatic hydroxyl groups is 1. The Balaban J connectivity index is 2.45. The quantitative estimate of drug-likeness (QED) is 0.517. The van der Waals surface area contributed by atoms with Gasteiger partial charge in [-0.25, -0.2) is 9.59 Å². The predicted octanol–water partition coefficient (Wildman–Crippen LogP) is -1.11. The fraction of sp³-hybridized carbons (Fsp3) is 0.500. The number of hydrogen-bond donors (Lipinski definition) is 4. The summed E-state index contributed by atoms with van der Waals surface area (Å²) in [6.45, 7) is -0.336. The van der Waals surface area contributed by atoms with Crippen LogP contribution in [0.15, 0.2) is 0 Å². The molecule has 0 saturated heterocycles. The molecule has 0 aliphatic heterocycles. The first-order chi connectivity index (χ1) is 7.63. The summed E-state index contributed by atoms with van der Waals surface area (Å²) in [6, 6.07) is -1.88. The third-order valence-electron chi connectivity index (χ3n) is 1.54. The summed E-state index contributed by atoms with van der Waals surface area (Å²) in [4.78, 5) is 21.9. The summed E-state index contributed by atoms with van der Waals surface area (Å²) < 4.78 is 3.41. The molecule has 16 heavy (non-hydrogen) atoms. The number of anilines is 1. The zero-order valence-electron chi connectivity index (χ0n) is 7.95. The van der Waals surface area contributed by atoms with Crippen molar-refractivity contribution in [3.05, 3.63) is 0 Å². The van der Waals surface area contributed by atoms with E-state index in [4.69, 9.17) is 10.2 Å². The molecular weight excluding hydrogens is 238 g/mol. The third-order valence-corrected chi connectivity index (χ3v) is 2.05. The lowest BCUT2D eigenvalue weighted by molar-refractivity contribution is -0.139. The normalized spacial score (nSPS) is 11.8. The van der Waals surface area contributed by atoms with Crippen molar-refractivity contribution < 1.29 is 19.8 Å². The van der Waals surface area contributed by atoms with E-state index in [1.165, 1.54) is 0 Å². The van der Waals surface area contributed by atoms with Gasteiger partial charge in [-0.05, 0) is 5.21 Å². The number of carboxylic acid groups (broad SMARTS) is 1. The van der Waals surface area contributed by atoms with Crippen molar-refractivity contribution in [3.8, 4) is 0 Å². The van der Waals surface area contributed by atoms with Gasteiger partial charge in [-0.3, -0.25) is 5.32 Å². The first-order valence-corrected chi connectivity index (χ1v) is 4.97. The Bertz CT molecular complexity index is 356. The van der Waals surface area contributed by atoms with Gasteiger partial charge in [0.1, 0.15) is 6.04 Å². The molecule has 1 aromatic heterocycles. The Kier molecular flexibility index (Phi) is 4.54. The highest BCUT2D eigenvalue weighted by Crippen LogP contribution is 2.04. The number of aromatic nitrogens is 3. The van der Waals surface area contributed by atoms with Crippen molar-refractivity contribution in [1.29, 1.82) is 0 Å². The lowest BCUT2D eigenvalue weighted by Gasteiger charge is -2.12. The average molecular weight is 247 g/mol. The maximum absolute atomic E-state index is 11.2. The molecule has 0 aliphatic carbocycles. The molecule has 10 heteroatoms. The van der Waals surface area contributed by atoms with Crippen molar-refractivity contribution in [2.45, 2.75) is 12.5 Å². The second-order valence-corrected chi connectivity index (χ2v) is 3.40. The lowest BCUT2D eigenvalue weighted by atomic mass is 10.2. The van der Waals surface area contributed by atoms with E-state index in [0.717, 1.165) is 11.5 Å². The smallest absolute Gasteiger partial charge is 0.326 e. The predicted molar refractivity (Wildman–Crippen MR) is 53.0 cm³/mol. The van der Waals surface area contributed by atoms with Crippen LogP contribution in [-0.4, -0.2) is 49.7 Å². The molecule has 0 aliphatic rings. The van der Waals surface area contributed by atoms with Gasteiger partial charge in [0.2, 0.25) is 5.13 Å². The van der Waals surface area contributed by atoms with Crippen LogP contribution in [0.3, 0.4) is 0 Å². The molecule has 2 amide bonds. The first kappa shape index (κ1) is 12.3. The van der Waals surface area contributed by atoms with Gasteiger partial charge in [-0.15, -0.1) is 0 Å². The summed E-state index contributed by atoms with van der Waals surface area (Å²) in [7, 11) is 0. The second-order valence-electron chi connectivity index (χ2n) is 2.67. The van der Waals surface area contributed by atoms with Crippen LogP contribution in [0.5, 0.6) is 0 Å². The van der Waals surface area contributed by atoms with E-state index in [1.54, 1.807) is 0 Å². The highest BCUT2D eigenvalue weighted by Gasteiger charge is 2.19. The largest absolute Gasteiger partial charge is 0.480 e. The van der Waals surface area contributed by atoms with Gasteiger partial charge >= 0.3 is 12.0 Å². The fourth-order valence-corrected chi connectivity index (χ4v) is 1.22. The molecule has 1 heterocycles. The van der Waals surface area contributed by atoms with E-state index < -0.39 is 18.0 Å². The van der Waals surface area contributed by atoms with E-state index in [1.807, 2.05) is 0 Å². The number of hydrogen-bond acceptors (Lipinski definition) is 7. The summed E-state index contributed by atoms with van der Waals surface area (Å²) >= 11 is 0.859. The van der Waals surface area contributed by atoms with E-state index in [0.29, 0.717) is 0 Å². The summed E-state index contributed by atoms with van der Waals surface area (Å²) in [6.07, 6.45) is -0.0723. The third kappa shape index (κ3) is 3.74. The monoisotopic (exact) mass is 247 g/mol. The van der Waals surface area contributed by atoms with Crippen molar-refractivity contribution in [2.75, 3.05) is 11.9 Å². The summed E-state index contributed by atoms with van der Waals surface area (Å²) in [5.74, 6) is -1.22. The van der Waals surface area contributed by atoms with Gasteiger partial charge in [0.25, 0.3) is 0 Å². The number of amides is 2. The molecule has 0 unspecified atom stereocenters. The number of rotatable bonds is 5. The van der Waals surface area contributed by atoms with Crippen LogP contribution in [0.2, 0.25) is 0 Å². The SMILES string of the molecule is O=C(Nc1nnns1)N[C@H](CCO)C(=O)O. The number of aliphatic hydroxyl groups excluding tert-OH is 1. The molecule has 88 valence electrons. The maximum atomic E-state index is 11.2. The Labute approximate surface area is 93.6 Å². The minimum absolute atomic E-state index is 0.0723. The van der Waals surface area contributed by atoms with Crippen LogP contribution >= 0.6 is 11.5 Å². The molecule has 0 bridgehead atoms. The first-order valence-electron chi connectivity index (χ1n) is 4.19. The minimum Gasteiger partial charge on any atom is -0.480 e. The molecule has 1 aromatic rings. The van der Waals surface area contributed by atoms with Gasteiger partial charge < -0.3 is 15.5 Å². The van der Waals surface area contributed by atoms with Crippen molar-refractivity contribution in [2.24, 2.45) is 0 Å². The topological polar surface area (TPSA) is 137 Å². The van der Waals surface area contributed by atoms with Crippen LogP contribution in [0.1, 0.15) is 6.42 Å². The van der Waals surface area contributed by atoms with E-state index in [9.17, 15) is 9.59 Å². The van der Waals surface area contributed by atoms with E-state index >= 15 is 0 Å². The van der Waals surface area contributed by atoms with Gasteiger partial charge in [-0.2, -0.15) is 0 Å². The zero-order chi connectivity index (χ0) is 12.0. The molecule has 4 N–H and O–H groups in total. The van der Waals surface area contributed by atoms with Gasteiger partial charge in [0.15, 0.2) is 0 Å². The van der Waals surface area contributed by atoms with E-state index in [-0.39, 0.29) is 18.2 Å². The Morgan fingerprint density at radius 1 is 1.50 bits per heavy atom. The molecular formula is C6H9N5O4S. The van der Waals surface area contributed by atoms with Gasteiger partial charge in [-0.1, -0.05) is 9.59 Å². The van der Waals surface area contributed by atoms with Crippen molar-refractivity contribution >= 4 is 28.7 Å². The Hall–Kier alpha value is -1.81. The van der Waals surface area contributed by atoms with Crippen LogP contribution in [-0.2, 0) is 4.79 Å². The van der Waals surface area contributed by atoms with Gasteiger partial charge in [0.05, 0.1) is 0 Å². The molecule has 0 saturated carbocycles. The second kappa shape index (κ2) is 5.92. The molecule has 1 atom stereocenters. The van der Waals surface area contributed by atoms with Gasteiger partial charge in [0, 0.05) is 24.6 Å². The highest BCUT2D eigenvalue weighted by molar-refractivity contribution is 7.09. The highest BCUT2D eigenvalue weighted by atomic mass is 32.1. The Morgan fingerprint density at radius 2 is 2.25 bits per heavy atom. The van der Waals surface area contributed by atoms with Crippen LogP contribution in [0.25, 0.3) is 0 Å². The Morgan fingerprint density at radius 3 is 2.75 bits per heavy atom. The molecule has 0 fully saturated rings. The zero-order valence-corrected chi connectivity index (χ0v) is 8.77. The lowest BCUT2D eigenvalue weighted by Crippen LogP contribution is -2.43. The fourth-order valence-electron chi connectivity index (χ4n) is 0.860. The molecule has 1 rings (SSSR count). The number of carboxylic acids is 1. The number of aliphatic carboxylic acids is 1. The maximum Gasteiger partial charge on any atom is 0.326 e. The molecule has 9 nitrogen and oxygen atoms in total. The van der Waals surface area contributed by atoms with Crippen molar-refractivity contribution in [3.63, 3.8) is 0 Å². The number of nitrogens with zero attached hydrogens (tertiary/aromatic N) is 3. The molecule has 0 radical (unpaired) electrons. The number of carbonyl (C=O) groups is 2. The van der Waals surface area contributed by atoms with E-state index in [2.05, 4.69) is 25.4 Å². The standard InChI is InChI=1S/C6H9N5O4S/c12-2-1-3(4(13)14)7-5(15)8-6-9-10-11-16-6/h3,12H,1-2H2,(H,13,14)(H2,7,8,9,11,15)/t3-/m1/s1. The van der Waals surface area contributed by atoms with Crippen LogP contribution in [0, 0.1) is 0 Å².